The van der Waals surface area contributed by atoms with Crippen LogP contribution in [0.3, 0.4) is 0 Å². The van der Waals surface area contributed by atoms with Crippen LogP contribution in [0.15, 0.2) is 53.2 Å². The maximum absolute atomic E-state index is 4.76. The number of hydrogen-bond donors (Lipinski definition) is 2. The minimum atomic E-state index is 0.681. The van der Waals surface area contributed by atoms with Crippen LogP contribution in [0.4, 0.5) is 0 Å². The second-order valence-electron chi connectivity index (χ2n) is 7.65. The van der Waals surface area contributed by atoms with Crippen molar-refractivity contribution in [3.8, 4) is 20.3 Å². The van der Waals surface area contributed by atoms with Crippen LogP contribution >= 0.6 is 22.7 Å². The van der Waals surface area contributed by atoms with Crippen molar-refractivity contribution in [3.63, 3.8) is 0 Å². The van der Waals surface area contributed by atoms with E-state index in [4.69, 9.17) is 4.99 Å². The smallest absolute Gasteiger partial charge is 0.106 e. The van der Waals surface area contributed by atoms with E-state index in [9.17, 15) is 0 Å². The molecule has 0 fully saturated rings. The van der Waals surface area contributed by atoms with Gasteiger partial charge in [0.05, 0.1) is 23.3 Å². The monoisotopic (exact) mass is 467 g/mol. The molecule has 3 aromatic rings. The molecular formula is C25H33N5S2. The molecule has 2 N–H and O–H groups in total. The molecule has 3 aromatic heterocycles. The van der Waals surface area contributed by atoms with Crippen LogP contribution in [-0.4, -0.2) is 29.1 Å². The lowest BCUT2D eigenvalue weighted by Gasteiger charge is -2.05. The number of imidazole rings is 1. The van der Waals surface area contributed by atoms with Gasteiger partial charge in [-0.05, 0) is 56.4 Å². The Kier molecular flexibility index (Phi) is 9.91. The molecule has 3 heterocycles. The van der Waals surface area contributed by atoms with E-state index in [1.165, 1.54) is 38.8 Å². The molecule has 0 saturated heterocycles. The maximum atomic E-state index is 4.76. The van der Waals surface area contributed by atoms with Crippen molar-refractivity contribution in [2.75, 3.05) is 6.54 Å². The zero-order chi connectivity index (χ0) is 22.6. The highest BCUT2D eigenvalue weighted by atomic mass is 32.1. The van der Waals surface area contributed by atoms with Gasteiger partial charge in [0.25, 0.3) is 0 Å². The van der Waals surface area contributed by atoms with E-state index in [1.54, 1.807) is 28.9 Å². The largest absolute Gasteiger partial charge is 0.351 e. The van der Waals surface area contributed by atoms with Gasteiger partial charge in [0.1, 0.15) is 11.7 Å². The molecule has 0 radical (unpaired) electrons. The van der Waals surface area contributed by atoms with Crippen molar-refractivity contribution in [1.29, 1.82) is 0 Å². The van der Waals surface area contributed by atoms with Crippen molar-refractivity contribution in [1.82, 2.24) is 15.3 Å². The van der Waals surface area contributed by atoms with Gasteiger partial charge in [-0.25, -0.2) is 4.98 Å². The quantitative estimate of drug-likeness (QED) is 0.151. The summed E-state index contributed by atoms with van der Waals surface area (Å²) in [7, 11) is 0. The first-order valence-electron chi connectivity index (χ1n) is 11.3. The Morgan fingerprint density at radius 2 is 1.91 bits per heavy atom. The van der Waals surface area contributed by atoms with Gasteiger partial charge in [0.2, 0.25) is 0 Å². The Hall–Kier alpha value is -2.51. The fourth-order valence-corrected chi connectivity index (χ4v) is 5.37. The number of aryl methyl sites for hydroxylation is 1. The predicted molar refractivity (Wildman–Crippen MR) is 141 cm³/mol. The molecule has 0 aromatic carbocycles. The predicted octanol–water partition coefficient (Wildman–Crippen LogP) is 7.10. The van der Waals surface area contributed by atoms with Gasteiger partial charge in [0.15, 0.2) is 0 Å². The molecule has 32 heavy (non-hydrogen) atoms. The number of aromatic amines is 1. The second-order valence-corrected chi connectivity index (χ2v) is 9.90. The van der Waals surface area contributed by atoms with E-state index in [0.717, 1.165) is 49.6 Å². The summed E-state index contributed by atoms with van der Waals surface area (Å²) in [5, 5.41) is 3.17. The number of H-pyrrole nitrogens is 1. The normalized spacial score (nSPS) is 11.6. The van der Waals surface area contributed by atoms with Crippen LogP contribution in [-0.2, 0) is 13.0 Å². The molecule has 0 aliphatic heterocycles. The summed E-state index contributed by atoms with van der Waals surface area (Å²) in [4.78, 5) is 21.8. The summed E-state index contributed by atoms with van der Waals surface area (Å²) >= 11 is 3.61. The fraction of sp³-hybridized carbons (Fsp3) is 0.400. The number of amidine groups is 1. The number of nitrogens with zero attached hydrogens (tertiary/aromatic N) is 3. The van der Waals surface area contributed by atoms with Gasteiger partial charge >= 0.3 is 0 Å². The molecule has 0 aliphatic carbocycles. The van der Waals surface area contributed by atoms with Crippen molar-refractivity contribution in [3.05, 3.63) is 53.9 Å². The topological polar surface area (TPSA) is 65.4 Å². The number of nitrogens with one attached hydrogen (secondary N) is 2. The zero-order valence-electron chi connectivity index (χ0n) is 18.9. The lowest BCUT2D eigenvalue weighted by Crippen LogP contribution is -2.17. The van der Waals surface area contributed by atoms with Crippen molar-refractivity contribution >= 4 is 35.2 Å². The molecular weight excluding hydrogens is 434 g/mol. The molecule has 7 heteroatoms. The van der Waals surface area contributed by atoms with Crippen LogP contribution in [0, 0.1) is 0 Å². The lowest BCUT2D eigenvalue weighted by molar-refractivity contribution is 0.699. The van der Waals surface area contributed by atoms with E-state index in [2.05, 4.69) is 64.8 Å². The Morgan fingerprint density at radius 3 is 2.72 bits per heavy atom. The minimum Gasteiger partial charge on any atom is -0.351 e. The first-order chi connectivity index (χ1) is 15.7. The van der Waals surface area contributed by atoms with Crippen molar-refractivity contribution < 1.29 is 0 Å². The zero-order valence-corrected chi connectivity index (χ0v) is 20.5. The molecule has 0 aliphatic rings. The molecule has 0 spiro atoms. The Morgan fingerprint density at radius 1 is 1.09 bits per heavy atom. The lowest BCUT2D eigenvalue weighted by atomic mass is 10.2. The highest BCUT2D eigenvalue weighted by molar-refractivity contribution is 7.23. The molecule has 0 atom stereocenters. The summed E-state index contributed by atoms with van der Waals surface area (Å²) in [6, 6.07) is 8.77. The average Bonchev–Trinajstić information content (AvgIpc) is 3.55. The van der Waals surface area contributed by atoms with Crippen LogP contribution in [0.2, 0.25) is 0 Å². The van der Waals surface area contributed by atoms with Crippen molar-refractivity contribution in [2.24, 2.45) is 9.98 Å². The summed E-state index contributed by atoms with van der Waals surface area (Å²) in [6.45, 7) is 11.0. The summed E-state index contributed by atoms with van der Waals surface area (Å²) in [6.07, 6.45) is 11.3. The maximum Gasteiger partial charge on any atom is 0.106 e. The average molecular weight is 468 g/mol. The highest BCUT2D eigenvalue weighted by Gasteiger charge is 2.10. The number of rotatable bonds is 14. The summed E-state index contributed by atoms with van der Waals surface area (Å²) < 4.78 is 0. The fourth-order valence-electron chi connectivity index (χ4n) is 3.37. The van der Waals surface area contributed by atoms with E-state index in [-0.39, 0.29) is 0 Å². The van der Waals surface area contributed by atoms with Crippen LogP contribution in [0.1, 0.15) is 56.2 Å². The van der Waals surface area contributed by atoms with Crippen molar-refractivity contribution in [2.45, 2.75) is 58.4 Å². The molecule has 0 amide bonds. The number of unbranched alkanes of at least 4 members (excludes halogenated alkanes) is 3. The second kappa shape index (κ2) is 13.1. The van der Waals surface area contributed by atoms with Crippen LogP contribution in [0.25, 0.3) is 20.3 Å². The molecule has 0 saturated carbocycles. The number of thiophene rings is 2. The molecule has 0 unspecified atom stereocenters. The Balaban J connectivity index is 1.60. The summed E-state index contributed by atoms with van der Waals surface area (Å²) in [5.74, 6) is 2.07. The molecule has 0 bridgehead atoms. The third-order valence-electron chi connectivity index (χ3n) is 5.10. The van der Waals surface area contributed by atoms with Gasteiger partial charge in [0, 0.05) is 34.0 Å². The van der Waals surface area contributed by atoms with Gasteiger partial charge in [-0.1, -0.05) is 26.3 Å². The Bertz CT molecular complexity index is 1010. The first kappa shape index (κ1) is 24.1. The van der Waals surface area contributed by atoms with E-state index >= 15 is 0 Å². The first-order valence-corrected chi connectivity index (χ1v) is 12.9. The van der Waals surface area contributed by atoms with Gasteiger partial charge in [-0.3, -0.25) is 4.99 Å². The van der Waals surface area contributed by atoms with Crippen LogP contribution < -0.4 is 5.32 Å². The molecule has 3 rings (SSSR count). The van der Waals surface area contributed by atoms with Crippen LogP contribution in [0.5, 0.6) is 0 Å². The highest BCUT2D eigenvalue weighted by Crippen LogP contribution is 2.37. The SMILES string of the molecule is C=CNC(CCCCN=C)=NCc1ccc(-c2ccc(-c3cnc(CCCCC)[nH]3)s2)s1. The standard InChI is InChI=1S/C25H33N5S2/c1-4-6-7-11-25-29-18-20(30-25)21-14-15-23(32-21)22-13-12-19(31-22)17-28-24(27-5-2)10-8-9-16-26-3/h5,12-15,18H,2-4,6-11,16-17H2,1H3,(H,27,28)(H,29,30). The van der Waals surface area contributed by atoms with Gasteiger partial charge in [-0.15, -0.1) is 22.7 Å². The summed E-state index contributed by atoms with van der Waals surface area (Å²) in [5.41, 5.74) is 1.11. The number of aliphatic imine (C=N–C) groups is 2. The minimum absolute atomic E-state index is 0.681. The third-order valence-corrected chi connectivity index (χ3v) is 7.48. The van der Waals surface area contributed by atoms with Gasteiger partial charge < -0.3 is 15.3 Å². The van der Waals surface area contributed by atoms with E-state index in [1.807, 2.05) is 6.20 Å². The number of hydrogen-bond acceptors (Lipinski definition) is 5. The van der Waals surface area contributed by atoms with E-state index in [0.29, 0.717) is 6.54 Å². The third kappa shape index (κ3) is 7.28. The number of aromatic nitrogens is 2. The molecule has 170 valence electrons. The molecule has 5 nitrogen and oxygen atoms in total. The van der Waals surface area contributed by atoms with E-state index < -0.39 is 0 Å². The Labute approximate surface area is 199 Å². The van der Waals surface area contributed by atoms with Gasteiger partial charge in [-0.2, -0.15) is 0 Å².